The standard InChI is InChI=1S/C30H34BrN2/c1-7-32(25-11-9-8-10-12-25)26-17-13-23(14-18-26)15-20-29-30(4,5)27-21-24(31)16-19-28(27)33(29,6)22(2)3/h8-21,29H,2,7H2,1,3-6H3/q+1/b20-15-. The number of hydrogen-bond acceptors (Lipinski definition) is 1. The first-order valence-electron chi connectivity index (χ1n) is 11.6. The quantitative estimate of drug-likeness (QED) is 0.306. The van der Waals surface area contributed by atoms with Gasteiger partial charge in [0.25, 0.3) is 0 Å². The van der Waals surface area contributed by atoms with Crippen LogP contribution in [0.2, 0.25) is 0 Å². The van der Waals surface area contributed by atoms with Gasteiger partial charge in [-0.3, -0.25) is 4.48 Å². The van der Waals surface area contributed by atoms with Crippen LogP contribution in [0.25, 0.3) is 6.08 Å². The molecule has 33 heavy (non-hydrogen) atoms. The van der Waals surface area contributed by atoms with Crippen LogP contribution in [0.15, 0.2) is 95.6 Å². The minimum atomic E-state index is -0.0183. The Labute approximate surface area is 207 Å². The molecule has 3 aromatic carbocycles. The molecule has 0 bridgehead atoms. The Balaban J connectivity index is 1.65. The van der Waals surface area contributed by atoms with E-state index in [1.165, 1.54) is 28.2 Å². The monoisotopic (exact) mass is 501 g/mol. The Morgan fingerprint density at radius 3 is 2.27 bits per heavy atom. The average molecular weight is 503 g/mol. The zero-order chi connectivity index (χ0) is 23.8. The van der Waals surface area contributed by atoms with E-state index in [1.54, 1.807) is 0 Å². The minimum absolute atomic E-state index is 0.0183. The molecule has 1 heterocycles. The van der Waals surface area contributed by atoms with Crippen molar-refractivity contribution in [2.24, 2.45) is 0 Å². The summed E-state index contributed by atoms with van der Waals surface area (Å²) in [4.78, 5) is 2.33. The van der Waals surface area contributed by atoms with Crippen molar-refractivity contribution in [3.8, 4) is 0 Å². The van der Waals surface area contributed by atoms with Gasteiger partial charge in [-0.1, -0.05) is 52.3 Å². The maximum absolute atomic E-state index is 4.39. The fourth-order valence-corrected chi connectivity index (χ4v) is 5.69. The first kappa shape index (κ1) is 23.5. The van der Waals surface area contributed by atoms with Crippen LogP contribution in [0.3, 0.4) is 0 Å². The van der Waals surface area contributed by atoms with Crippen molar-refractivity contribution in [1.82, 2.24) is 4.48 Å². The van der Waals surface area contributed by atoms with Crippen LogP contribution in [0, 0.1) is 0 Å². The molecule has 1 aliphatic rings. The number of benzene rings is 3. The summed E-state index contributed by atoms with van der Waals surface area (Å²) in [7, 11) is 2.29. The Kier molecular flexibility index (Phi) is 6.39. The largest absolute Gasteiger partial charge is 0.342 e. The number of para-hydroxylation sites is 1. The van der Waals surface area contributed by atoms with Crippen molar-refractivity contribution in [1.29, 1.82) is 0 Å². The highest BCUT2D eigenvalue weighted by molar-refractivity contribution is 9.10. The van der Waals surface area contributed by atoms with Crippen LogP contribution >= 0.6 is 15.9 Å². The van der Waals surface area contributed by atoms with E-state index in [4.69, 9.17) is 0 Å². The van der Waals surface area contributed by atoms with Crippen molar-refractivity contribution in [2.45, 2.75) is 39.2 Å². The average Bonchev–Trinajstić information content (AvgIpc) is 2.97. The van der Waals surface area contributed by atoms with Crippen LogP contribution in [0.5, 0.6) is 0 Å². The normalized spacial score (nSPS) is 21.2. The Bertz CT molecular complexity index is 1180. The highest BCUT2D eigenvalue weighted by Gasteiger charge is 2.54. The van der Waals surface area contributed by atoms with Gasteiger partial charge in [0.15, 0.2) is 0 Å². The zero-order valence-corrected chi connectivity index (χ0v) is 21.9. The topological polar surface area (TPSA) is 3.24 Å². The van der Waals surface area contributed by atoms with Gasteiger partial charge in [0, 0.05) is 40.9 Å². The molecule has 3 heteroatoms. The lowest BCUT2D eigenvalue weighted by Crippen LogP contribution is -2.52. The van der Waals surface area contributed by atoms with Crippen molar-refractivity contribution in [3.63, 3.8) is 0 Å². The molecule has 2 nitrogen and oxygen atoms in total. The maximum Gasteiger partial charge on any atom is 0.142 e. The van der Waals surface area contributed by atoms with E-state index < -0.39 is 0 Å². The lowest BCUT2D eigenvalue weighted by molar-refractivity contribution is 0.294. The van der Waals surface area contributed by atoms with Crippen molar-refractivity contribution in [2.75, 3.05) is 18.5 Å². The molecule has 0 N–H and O–H groups in total. The molecule has 0 saturated heterocycles. The van der Waals surface area contributed by atoms with Crippen molar-refractivity contribution < 1.29 is 0 Å². The third-order valence-electron chi connectivity index (χ3n) is 7.30. The number of fused-ring (bicyclic) bond motifs is 1. The Hall–Kier alpha value is -2.62. The molecule has 0 aliphatic carbocycles. The molecule has 0 spiro atoms. The van der Waals surface area contributed by atoms with Gasteiger partial charge in [0.05, 0.1) is 12.5 Å². The van der Waals surface area contributed by atoms with E-state index in [2.05, 4.69) is 147 Å². The maximum atomic E-state index is 4.39. The van der Waals surface area contributed by atoms with Gasteiger partial charge >= 0.3 is 0 Å². The molecule has 0 saturated carbocycles. The van der Waals surface area contributed by atoms with Gasteiger partial charge in [-0.05, 0) is 75.4 Å². The molecule has 2 atom stereocenters. The predicted octanol–water partition coefficient (Wildman–Crippen LogP) is 8.45. The van der Waals surface area contributed by atoms with E-state index in [-0.39, 0.29) is 11.5 Å². The van der Waals surface area contributed by atoms with Gasteiger partial charge < -0.3 is 4.90 Å². The third kappa shape index (κ3) is 4.09. The number of anilines is 2. The molecular weight excluding hydrogens is 468 g/mol. The second-order valence-electron chi connectivity index (χ2n) is 9.67. The number of quaternary nitrogens is 1. The van der Waals surface area contributed by atoms with Crippen LogP contribution < -0.4 is 9.38 Å². The first-order chi connectivity index (χ1) is 15.7. The highest BCUT2D eigenvalue weighted by atomic mass is 79.9. The summed E-state index contributed by atoms with van der Waals surface area (Å²) in [6.07, 6.45) is 4.65. The van der Waals surface area contributed by atoms with Crippen LogP contribution in [0.1, 0.15) is 38.8 Å². The number of halogens is 1. The number of allylic oxidation sites excluding steroid dienone is 1. The van der Waals surface area contributed by atoms with Crippen LogP contribution in [0.4, 0.5) is 17.1 Å². The second-order valence-corrected chi connectivity index (χ2v) is 10.6. The molecule has 4 rings (SSSR count). The smallest absolute Gasteiger partial charge is 0.142 e. The summed E-state index contributed by atoms with van der Waals surface area (Å²) in [5.41, 5.74) is 7.49. The van der Waals surface area contributed by atoms with Crippen LogP contribution in [-0.4, -0.2) is 19.6 Å². The molecule has 170 valence electrons. The molecular formula is C30H34BrN2+. The Morgan fingerprint density at radius 2 is 1.67 bits per heavy atom. The molecule has 0 fully saturated rings. The predicted molar refractivity (Wildman–Crippen MR) is 148 cm³/mol. The summed E-state index contributed by atoms with van der Waals surface area (Å²) in [5.74, 6) is 0. The number of likely N-dealkylation sites (N-methyl/N-ethyl adjacent to an activating group) is 1. The summed E-state index contributed by atoms with van der Waals surface area (Å²) in [5, 5.41) is 0. The highest BCUT2D eigenvalue weighted by Crippen LogP contribution is 2.52. The van der Waals surface area contributed by atoms with Gasteiger partial charge in [0.1, 0.15) is 17.4 Å². The number of nitrogens with zero attached hydrogens (tertiary/aromatic N) is 2. The summed E-state index contributed by atoms with van der Waals surface area (Å²) < 4.78 is 1.85. The summed E-state index contributed by atoms with van der Waals surface area (Å²) >= 11 is 3.68. The van der Waals surface area contributed by atoms with E-state index in [9.17, 15) is 0 Å². The molecule has 0 amide bonds. The van der Waals surface area contributed by atoms with Crippen molar-refractivity contribution in [3.05, 3.63) is 107 Å². The lowest BCUT2D eigenvalue weighted by atomic mass is 9.80. The number of hydrogen-bond donors (Lipinski definition) is 0. The molecule has 0 aromatic heterocycles. The third-order valence-corrected chi connectivity index (χ3v) is 7.80. The zero-order valence-electron chi connectivity index (χ0n) is 20.3. The molecule has 0 radical (unpaired) electrons. The SMILES string of the molecule is C=C(C)[N+]1(C)c2ccc(Br)cc2C(C)(C)C1/C=C\c1ccc(N(CC)c2ccccc2)cc1. The van der Waals surface area contributed by atoms with Crippen LogP contribution in [-0.2, 0) is 5.41 Å². The summed E-state index contributed by atoms with van der Waals surface area (Å²) in [6, 6.07) is 26.4. The minimum Gasteiger partial charge on any atom is -0.342 e. The molecule has 1 aliphatic heterocycles. The van der Waals surface area contributed by atoms with E-state index >= 15 is 0 Å². The van der Waals surface area contributed by atoms with Gasteiger partial charge in [0.2, 0.25) is 0 Å². The first-order valence-corrected chi connectivity index (χ1v) is 12.4. The summed E-state index contributed by atoms with van der Waals surface area (Å²) in [6.45, 7) is 14.4. The molecule has 3 aromatic rings. The second kappa shape index (κ2) is 8.96. The van der Waals surface area contributed by atoms with E-state index in [0.717, 1.165) is 21.2 Å². The number of rotatable bonds is 6. The van der Waals surface area contributed by atoms with Gasteiger partial charge in [-0.15, -0.1) is 0 Å². The Morgan fingerprint density at radius 1 is 1.03 bits per heavy atom. The lowest BCUT2D eigenvalue weighted by Gasteiger charge is -2.38. The van der Waals surface area contributed by atoms with E-state index in [0.29, 0.717) is 0 Å². The molecule has 2 unspecified atom stereocenters. The van der Waals surface area contributed by atoms with E-state index in [1.807, 2.05) is 0 Å². The fraction of sp³-hybridized carbons (Fsp3) is 0.267. The van der Waals surface area contributed by atoms with Gasteiger partial charge in [-0.25, -0.2) is 0 Å². The fourth-order valence-electron chi connectivity index (χ4n) is 5.33. The van der Waals surface area contributed by atoms with Crippen molar-refractivity contribution >= 4 is 39.1 Å². The van der Waals surface area contributed by atoms with Gasteiger partial charge in [-0.2, -0.15) is 0 Å².